The average molecular weight is 248 g/mol. The summed E-state index contributed by atoms with van der Waals surface area (Å²) in [6.07, 6.45) is 3.68. The summed E-state index contributed by atoms with van der Waals surface area (Å²) < 4.78 is 10.9. The minimum Gasteiger partial charge on any atom is -0.493 e. The van der Waals surface area contributed by atoms with Crippen LogP contribution in [0.2, 0.25) is 0 Å². The molecular weight excluding hydrogens is 228 g/mol. The van der Waals surface area contributed by atoms with Crippen molar-refractivity contribution in [1.29, 1.82) is 0 Å². The number of fused-ring (bicyclic) bond motifs is 1. The first kappa shape index (κ1) is 12.0. The number of rotatable bonds is 2. The third-order valence-electron chi connectivity index (χ3n) is 3.99. The molecule has 1 fully saturated rings. The second-order valence-corrected chi connectivity index (χ2v) is 5.21. The zero-order chi connectivity index (χ0) is 12.4. The maximum Gasteiger partial charge on any atom is 0.122 e. The molecule has 0 bridgehead atoms. The Morgan fingerprint density at radius 3 is 2.83 bits per heavy atom. The van der Waals surface area contributed by atoms with Gasteiger partial charge in [0.1, 0.15) is 5.75 Å². The predicted molar refractivity (Wildman–Crippen MR) is 68.8 cm³/mol. The van der Waals surface area contributed by atoms with Crippen LogP contribution < -0.4 is 4.74 Å². The molecule has 0 saturated carbocycles. The standard InChI is InChI=1S/C15H20O3/c16-15(11-5-8-17-9-6-11)13-3-4-14-12(10-13)2-1-7-18-14/h3-4,10-11,15-16H,1-2,5-9H2. The van der Waals surface area contributed by atoms with E-state index in [1.165, 1.54) is 5.56 Å². The highest BCUT2D eigenvalue weighted by Gasteiger charge is 2.24. The summed E-state index contributed by atoms with van der Waals surface area (Å²) in [6, 6.07) is 6.13. The van der Waals surface area contributed by atoms with Gasteiger partial charge < -0.3 is 14.6 Å². The van der Waals surface area contributed by atoms with Crippen LogP contribution in [0.1, 0.15) is 36.5 Å². The molecule has 0 aliphatic carbocycles. The highest BCUT2D eigenvalue weighted by atomic mass is 16.5. The van der Waals surface area contributed by atoms with Gasteiger partial charge in [-0.25, -0.2) is 0 Å². The highest BCUT2D eigenvalue weighted by molar-refractivity contribution is 5.39. The predicted octanol–water partition coefficient (Wildman–Crippen LogP) is 2.47. The lowest BCUT2D eigenvalue weighted by atomic mass is 9.88. The quantitative estimate of drug-likeness (QED) is 0.873. The summed E-state index contributed by atoms with van der Waals surface area (Å²) >= 11 is 0. The van der Waals surface area contributed by atoms with Crippen LogP contribution in [0.4, 0.5) is 0 Å². The molecule has 3 nitrogen and oxygen atoms in total. The molecule has 0 radical (unpaired) electrons. The maximum absolute atomic E-state index is 10.5. The second kappa shape index (κ2) is 5.29. The zero-order valence-electron chi connectivity index (χ0n) is 10.6. The van der Waals surface area contributed by atoms with E-state index in [2.05, 4.69) is 6.07 Å². The summed E-state index contributed by atoms with van der Waals surface area (Å²) in [7, 11) is 0. The summed E-state index contributed by atoms with van der Waals surface area (Å²) in [4.78, 5) is 0. The van der Waals surface area contributed by atoms with E-state index in [0.717, 1.165) is 56.8 Å². The van der Waals surface area contributed by atoms with Crippen LogP contribution in [-0.4, -0.2) is 24.9 Å². The fourth-order valence-electron chi connectivity index (χ4n) is 2.87. The smallest absolute Gasteiger partial charge is 0.122 e. The Labute approximate surface area is 108 Å². The molecule has 3 rings (SSSR count). The highest BCUT2D eigenvalue weighted by Crippen LogP contribution is 2.33. The molecule has 2 aliphatic heterocycles. The van der Waals surface area contributed by atoms with Crippen LogP contribution in [0, 0.1) is 5.92 Å². The van der Waals surface area contributed by atoms with Gasteiger partial charge in [-0.15, -0.1) is 0 Å². The normalized spacial score (nSPS) is 22.1. The van der Waals surface area contributed by atoms with Crippen molar-refractivity contribution in [1.82, 2.24) is 0 Å². The lowest BCUT2D eigenvalue weighted by Crippen LogP contribution is -2.22. The van der Waals surface area contributed by atoms with Gasteiger partial charge in [-0.05, 0) is 54.9 Å². The molecule has 18 heavy (non-hydrogen) atoms. The maximum atomic E-state index is 10.5. The molecule has 1 unspecified atom stereocenters. The van der Waals surface area contributed by atoms with E-state index in [1.54, 1.807) is 0 Å². The van der Waals surface area contributed by atoms with Gasteiger partial charge in [0, 0.05) is 13.2 Å². The Kier molecular flexibility index (Phi) is 3.52. The monoisotopic (exact) mass is 248 g/mol. The lowest BCUT2D eigenvalue weighted by molar-refractivity contribution is 0.00712. The number of aryl methyl sites for hydroxylation is 1. The van der Waals surface area contributed by atoms with Gasteiger partial charge >= 0.3 is 0 Å². The van der Waals surface area contributed by atoms with E-state index in [0.29, 0.717) is 5.92 Å². The molecule has 0 spiro atoms. The molecule has 1 N–H and O–H groups in total. The fourth-order valence-corrected chi connectivity index (χ4v) is 2.87. The SMILES string of the molecule is OC(c1ccc2c(c1)CCCO2)C1CCOCC1. The first-order valence-corrected chi connectivity index (χ1v) is 6.86. The van der Waals surface area contributed by atoms with Gasteiger partial charge in [0.2, 0.25) is 0 Å². The van der Waals surface area contributed by atoms with Crippen molar-refractivity contribution in [3.05, 3.63) is 29.3 Å². The Balaban J connectivity index is 1.78. The van der Waals surface area contributed by atoms with Crippen molar-refractivity contribution in [2.75, 3.05) is 19.8 Å². The molecule has 0 amide bonds. The second-order valence-electron chi connectivity index (χ2n) is 5.21. The van der Waals surface area contributed by atoms with Gasteiger partial charge in [-0.3, -0.25) is 0 Å². The van der Waals surface area contributed by atoms with Gasteiger partial charge in [-0.1, -0.05) is 6.07 Å². The molecule has 1 saturated heterocycles. The molecule has 98 valence electrons. The summed E-state index contributed by atoms with van der Waals surface area (Å²) in [5.74, 6) is 1.32. The van der Waals surface area contributed by atoms with Crippen LogP contribution in [0.5, 0.6) is 5.75 Å². The summed E-state index contributed by atoms with van der Waals surface area (Å²) in [6.45, 7) is 2.36. The third kappa shape index (κ3) is 2.38. The largest absolute Gasteiger partial charge is 0.493 e. The molecule has 1 aromatic carbocycles. The van der Waals surface area contributed by atoms with Gasteiger partial charge in [-0.2, -0.15) is 0 Å². The van der Waals surface area contributed by atoms with Crippen molar-refractivity contribution in [2.45, 2.75) is 31.8 Å². The van der Waals surface area contributed by atoms with Gasteiger partial charge in [0.05, 0.1) is 12.7 Å². The van der Waals surface area contributed by atoms with Crippen LogP contribution in [0.3, 0.4) is 0 Å². The van der Waals surface area contributed by atoms with E-state index < -0.39 is 0 Å². The van der Waals surface area contributed by atoms with Crippen LogP contribution in [-0.2, 0) is 11.2 Å². The molecule has 3 heteroatoms. The van der Waals surface area contributed by atoms with Crippen molar-refractivity contribution in [3.8, 4) is 5.75 Å². The topological polar surface area (TPSA) is 38.7 Å². The molecule has 2 aliphatic rings. The number of aliphatic hydroxyl groups is 1. The third-order valence-corrected chi connectivity index (χ3v) is 3.99. The molecule has 1 aromatic rings. The number of benzene rings is 1. The zero-order valence-corrected chi connectivity index (χ0v) is 10.6. The Morgan fingerprint density at radius 1 is 1.17 bits per heavy atom. The van der Waals surface area contributed by atoms with E-state index in [9.17, 15) is 5.11 Å². The number of hydrogen-bond acceptors (Lipinski definition) is 3. The first-order chi connectivity index (χ1) is 8.84. The first-order valence-electron chi connectivity index (χ1n) is 6.86. The lowest BCUT2D eigenvalue weighted by Gasteiger charge is -2.28. The minimum atomic E-state index is -0.360. The Morgan fingerprint density at radius 2 is 2.00 bits per heavy atom. The van der Waals surface area contributed by atoms with Crippen molar-refractivity contribution < 1.29 is 14.6 Å². The average Bonchev–Trinajstić information content (AvgIpc) is 2.47. The van der Waals surface area contributed by atoms with Crippen molar-refractivity contribution >= 4 is 0 Å². The Hall–Kier alpha value is -1.06. The number of aliphatic hydroxyl groups excluding tert-OH is 1. The van der Waals surface area contributed by atoms with Crippen molar-refractivity contribution in [3.63, 3.8) is 0 Å². The number of ether oxygens (including phenoxy) is 2. The minimum absolute atomic E-state index is 0.335. The summed E-state index contributed by atoms with van der Waals surface area (Å²) in [5, 5.41) is 10.5. The van der Waals surface area contributed by atoms with Crippen LogP contribution in [0.25, 0.3) is 0 Å². The number of hydrogen-bond donors (Lipinski definition) is 1. The molecular formula is C15H20O3. The van der Waals surface area contributed by atoms with E-state index >= 15 is 0 Å². The van der Waals surface area contributed by atoms with E-state index in [4.69, 9.17) is 9.47 Å². The van der Waals surface area contributed by atoms with Crippen LogP contribution in [0.15, 0.2) is 18.2 Å². The van der Waals surface area contributed by atoms with Gasteiger partial charge in [0.15, 0.2) is 0 Å². The van der Waals surface area contributed by atoms with E-state index in [1.807, 2.05) is 12.1 Å². The van der Waals surface area contributed by atoms with Gasteiger partial charge in [0.25, 0.3) is 0 Å². The van der Waals surface area contributed by atoms with E-state index in [-0.39, 0.29) is 6.10 Å². The summed E-state index contributed by atoms with van der Waals surface area (Å²) in [5.41, 5.74) is 2.27. The molecule has 2 heterocycles. The Bertz CT molecular complexity index is 410. The van der Waals surface area contributed by atoms with Crippen molar-refractivity contribution in [2.24, 2.45) is 5.92 Å². The fraction of sp³-hybridized carbons (Fsp3) is 0.600. The molecule has 0 aromatic heterocycles. The van der Waals surface area contributed by atoms with Crippen LogP contribution >= 0.6 is 0 Å². The molecule has 1 atom stereocenters.